The molecule has 0 radical (unpaired) electrons. The molecule has 0 aliphatic rings. The van der Waals surface area contributed by atoms with Gasteiger partial charge < -0.3 is 14.2 Å². The number of hydrogen-bond donors (Lipinski definition) is 0. The molecule has 37 heavy (non-hydrogen) atoms. The van der Waals surface area contributed by atoms with E-state index in [4.69, 9.17) is 14.2 Å². The van der Waals surface area contributed by atoms with Gasteiger partial charge in [-0.05, 0) is 49.2 Å². The molecule has 0 unspecified atom stereocenters. The van der Waals surface area contributed by atoms with Crippen molar-refractivity contribution in [2.24, 2.45) is 0 Å². The van der Waals surface area contributed by atoms with E-state index < -0.39 is 16.2 Å². The molecule has 7 nitrogen and oxygen atoms in total. The third-order valence-corrected chi connectivity index (χ3v) is 7.20. The summed E-state index contributed by atoms with van der Waals surface area (Å²) < 4.78 is 44.8. The summed E-state index contributed by atoms with van der Waals surface area (Å²) in [7, 11) is -4.15. The van der Waals surface area contributed by atoms with Gasteiger partial charge in [0.15, 0.2) is 0 Å². The van der Waals surface area contributed by atoms with Gasteiger partial charge in [0.05, 0.1) is 17.1 Å². The second-order valence-electron chi connectivity index (χ2n) is 8.11. The third kappa shape index (κ3) is 5.59. The molecular weight excluding hydrogens is 490 g/mol. The van der Waals surface area contributed by atoms with E-state index in [0.29, 0.717) is 29.0 Å². The van der Waals surface area contributed by atoms with Crippen LogP contribution >= 0.6 is 0 Å². The van der Waals surface area contributed by atoms with E-state index in [9.17, 15) is 13.2 Å². The first-order valence-electron chi connectivity index (χ1n) is 11.7. The van der Waals surface area contributed by atoms with Gasteiger partial charge in [0.25, 0.3) is 10.0 Å². The molecule has 0 aliphatic heterocycles. The fourth-order valence-corrected chi connectivity index (χ4v) is 5.10. The van der Waals surface area contributed by atoms with Crippen LogP contribution in [0.25, 0.3) is 22.3 Å². The van der Waals surface area contributed by atoms with E-state index in [1.54, 1.807) is 36.4 Å². The van der Waals surface area contributed by atoms with Crippen molar-refractivity contribution in [2.75, 3.05) is 13.2 Å². The zero-order chi connectivity index (χ0) is 26.4. The van der Waals surface area contributed by atoms with Crippen molar-refractivity contribution in [3.8, 4) is 33.9 Å². The molecule has 190 valence electrons. The predicted molar refractivity (Wildman–Crippen MR) is 142 cm³/mol. The van der Waals surface area contributed by atoms with Crippen LogP contribution in [-0.4, -0.2) is 31.8 Å². The van der Waals surface area contributed by atoms with Crippen LogP contribution < -0.4 is 9.47 Å². The first-order chi connectivity index (χ1) is 17.8. The van der Waals surface area contributed by atoms with Gasteiger partial charge >= 0.3 is 6.16 Å². The van der Waals surface area contributed by atoms with Gasteiger partial charge in [-0.2, -0.15) is 0 Å². The maximum Gasteiger partial charge on any atom is 0.515 e. The largest absolute Gasteiger partial charge is 0.515 e. The average molecular weight is 518 g/mol. The zero-order valence-electron chi connectivity index (χ0n) is 20.6. The average Bonchev–Trinajstić information content (AvgIpc) is 3.28. The third-order valence-electron chi connectivity index (χ3n) is 5.55. The number of rotatable bonds is 9. The van der Waals surface area contributed by atoms with Crippen molar-refractivity contribution >= 4 is 16.2 Å². The normalized spacial score (nSPS) is 11.1. The maximum atomic E-state index is 13.8. The Hall–Kier alpha value is -4.30. The molecule has 0 bridgehead atoms. The predicted octanol–water partition coefficient (Wildman–Crippen LogP) is 6.47. The van der Waals surface area contributed by atoms with Crippen LogP contribution in [0.1, 0.15) is 12.5 Å². The Kier molecular flexibility index (Phi) is 7.79. The van der Waals surface area contributed by atoms with Gasteiger partial charge in [0.1, 0.15) is 12.4 Å². The molecule has 0 amide bonds. The zero-order valence-corrected chi connectivity index (χ0v) is 21.4. The summed E-state index contributed by atoms with van der Waals surface area (Å²) >= 11 is 0. The number of ether oxygens (including phenoxy) is 3. The van der Waals surface area contributed by atoms with Crippen LogP contribution in [0.2, 0.25) is 0 Å². The number of aryl methyl sites for hydroxylation is 1. The fourth-order valence-electron chi connectivity index (χ4n) is 3.80. The number of benzene rings is 3. The Morgan fingerprint density at radius 2 is 1.62 bits per heavy atom. The highest BCUT2D eigenvalue weighted by Gasteiger charge is 2.30. The lowest BCUT2D eigenvalue weighted by atomic mass is 9.98. The van der Waals surface area contributed by atoms with Crippen LogP contribution in [0.4, 0.5) is 4.79 Å². The summed E-state index contributed by atoms with van der Waals surface area (Å²) in [4.78, 5) is 12.6. The summed E-state index contributed by atoms with van der Waals surface area (Å²) in [5.41, 5.74) is 3.27. The van der Waals surface area contributed by atoms with Crippen molar-refractivity contribution in [1.82, 2.24) is 3.97 Å². The summed E-state index contributed by atoms with van der Waals surface area (Å²) in [5.74, 6) is 0.477. The monoisotopic (exact) mass is 517 g/mol. The van der Waals surface area contributed by atoms with Crippen LogP contribution in [0.3, 0.4) is 0 Å². The molecule has 4 rings (SSSR count). The van der Waals surface area contributed by atoms with Crippen LogP contribution in [0, 0.1) is 6.92 Å². The van der Waals surface area contributed by atoms with Crippen molar-refractivity contribution in [2.45, 2.75) is 18.7 Å². The second kappa shape index (κ2) is 11.2. The molecule has 0 saturated heterocycles. The van der Waals surface area contributed by atoms with Crippen molar-refractivity contribution < 1.29 is 27.4 Å². The lowest BCUT2D eigenvalue weighted by molar-refractivity contribution is 0.108. The van der Waals surface area contributed by atoms with E-state index in [1.807, 2.05) is 44.2 Å². The molecule has 1 heterocycles. The Morgan fingerprint density at radius 1 is 0.946 bits per heavy atom. The Labute approximate surface area is 216 Å². The first kappa shape index (κ1) is 25.8. The maximum absolute atomic E-state index is 13.8. The number of carbonyl (C=O) groups is 1. The van der Waals surface area contributed by atoms with Crippen LogP contribution in [0.5, 0.6) is 11.6 Å². The molecule has 1 aromatic heterocycles. The van der Waals surface area contributed by atoms with Gasteiger partial charge in [-0.1, -0.05) is 72.8 Å². The number of aromatic nitrogens is 1. The van der Waals surface area contributed by atoms with Crippen molar-refractivity contribution in [3.05, 3.63) is 103 Å². The lowest BCUT2D eigenvalue weighted by Crippen LogP contribution is -2.18. The van der Waals surface area contributed by atoms with Gasteiger partial charge in [-0.15, -0.1) is 0 Å². The Morgan fingerprint density at radius 3 is 2.24 bits per heavy atom. The van der Waals surface area contributed by atoms with E-state index >= 15 is 0 Å². The van der Waals surface area contributed by atoms with E-state index in [2.05, 4.69) is 6.58 Å². The van der Waals surface area contributed by atoms with Crippen LogP contribution in [0.15, 0.2) is 103 Å². The SMILES string of the molecule is C=CCOC(=O)Oc1c(-c2ccc(OCC)cc2)c(-c2ccccc2)cn1S(=O)(=O)c1ccc(C)cc1. The highest BCUT2D eigenvalue weighted by molar-refractivity contribution is 7.90. The van der Waals surface area contributed by atoms with Gasteiger partial charge in [-0.25, -0.2) is 17.2 Å². The number of hydrogen-bond acceptors (Lipinski definition) is 6. The molecule has 0 N–H and O–H groups in total. The molecular formula is C29H27NO6S. The highest BCUT2D eigenvalue weighted by atomic mass is 32.2. The Balaban J connectivity index is 1.98. The van der Waals surface area contributed by atoms with Gasteiger partial charge in [0.2, 0.25) is 5.88 Å². The lowest BCUT2D eigenvalue weighted by Gasteiger charge is -2.13. The molecule has 0 fully saturated rings. The minimum atomic E-state index is -4.15. The standard InChI is InChI=1S/C29H27NO6S/c1-4-19-35-29(31)36-28-27(23-13-15-24(16-14-23)34-5-2)26(22-9-7-6-8-10-22)20-30(28)37(32,33)25-17-11-21(3)12-18-25/h4,6-18,20H,1,5,19H2,2-3H3. The van der Waals surface area contributed by atoms with Crippen molar-refractivity contribution in [3.63, 3.8) is 0 Å². The van der Waals surface area contributed by atoms with E-state index in [0.717, 1.165) is 15.1 Å². The van der Waals surface area contributed by atoms with E-state index in [-0.39, 0.29) is 17.4 Å². The number of carbonyl (C=O) groups excluding carboxylic acids is 1. The molecule has 0 saturated carbocycles. The molecule has 8 heteroatoms. The second-order valence-corrected chi connectivity index (χ2v) is 9.93. The number of nitrogens with zero attached hydrogens (tertiary/aromatic N) is 1. The van der Waals surface area contributed by atoms with Crippen LogP contribution in [-0.2, 0) is 14.8 Å². The molecule has 4 aromatic rings. The smallest absolute Gasteiger partial charge is 0.494 e. The summed E-state index contributed by atoms with van der Waals surface area (Å²) in [5, 5.41) is 0. The van der Waals surface area contributed by atoms with Gasteiger partial charge in [-0.3, -0.25) is 0 Å². The first-order valence-corrected chi connectivity index (χ1v) is 13.1. The molecule has 0 aliphatic carbocycles. The van der Waals surface area contributed by atoms with Crippen molar-refractivity contribution in [1.29, 1.82) is 0 Å². The minimum absolute atomic E-state index is 0.0512. The molecule has 0 spiro atoms. The quantitative estimate of drug-likeness (QED) is 0.187. The highest BCUT2D eigenvalue weighted by Crippen LogP contribution is 2.43. The summed E-state index contributed by atoms with van der Waals surface area (Å²) in [6.45, 7) is 7.70. The minimum Gasteiger partial charge on any atom is -0.494 e. The molecule has 3 aromatic carbocycles. The Bertz CT molecular complexity index is 1490. The van der Waals surface area contributed by atoms with E-state index in [1.165, 1.54) is 24.4 Å². The fraction of sp³-hybridized carbons (Fsp3) is 0.138. The molecule has 0 atom stereocenters. The summed E-state index contributed by atoms with van der Waals surface area (Å²) in [6, 6.07) is 22.9. The van der Waals surface area contributed by atoms with Gasteiger partial charge in [0, 0.05) is 11.8 Å². The topological polar surface area (TPSA) is 83.8 Å². The summed E-state index contributed by atoms with van der Waals surface area (Å²) in [6.07, 6.45) is 1.81.